The number of para-hydroxylation sites is 2. The molecule has 0 saturated heterocycles. The molecule has 0 bridgehead atoms. The van der Waals surface area contributed by atoms with E-state index < -0.39 is 5.41 Å². The summed E-state index contributed by atoms with van der Waals surface area (Å²) in [6.45, 7) is 4.74. The molecule has 7 aromatic carbocycles. The highest BCUT2D eigenvalue weighted by Gasteiger charge is 2.52. The van der Waals surface area contributed by atoms with Gasteiger partial charge in [-0.1, -0.05) is 129 Å². The first-order valence-corrected chi connectivity index (χ1v) is 16.8. The molecule has 0 atom stereocenters. The van der Waals surface area contributed by atoms with E-state index in [1.807, 2.05) is 12.1 Å². The van der Waals surface area contributed by atoms with Crippen molar-refractivity contribution in [2.24, 2.45) is 0 Å². The largest absolute Gasteiger partial charge is 0.456 e. The van der Waals surface area contributed by atoms with Crippen LogP contribution in [0.4, 0.5) is 17.1 Å². The molecular formula is C46H33NO. The van der Waals surface area contributed by atoms with E-state index in [0.717, 1.165) is 39.0 Å². The zero-order valence-corrected chi connectivity index (χ0v) is 26.9. The van der Waals surface area contributed by atoms with Crippen LogP contribution in [0, 0.1) is 0 Å². The highest BCUT2D eigenvalue weighted by atomic mass is 16.3. The minimum absolute atomic E-state index is 0.0273. The molecule has 1 aromatic heterocycles. The lowest BCUT2D eigenvalue weighted by Crippen LogP contribution is -2.30. The summed E-state index contributed by atoms with van der Waals surface area (Å²) >= 11 is 0. The van der Waals surface area contributed by atoms with Crippen molar-refractivity contribution in [3.05, 3.63) is 197 Å². The lowest BCUT2D eigenvalue weighted by atomic mass is 9.66. The van der Waals surface area contributed by atoms with E-state index in [0.29, 0.717) is 0 Å². The van der Waals surface area contributed by atoms with Gasteiger partial charge in [0.1, 0.15) is 11.2 Å². The van der Waals surface area contributed by atoms with E-state index in [-0.39, 0.29) is 5.41 Å². The van der Waals surface area contributed by atoms with Gasteiger partial charge in [-0.05, 0) is 87.0 Å². The Kier molecular flexibility index (Phi) is 5.58. The molecule has 0 aliphatic heterocycles. The van der Waals surface area contributed by atoms with Crippen molar-refractivity contribution in [2.75, 3.05) is 4.90 Å². The molecule has 228 valence electrons. The predicted molar refractivity (Wildman–Crippen MR) is 198 cm³/mol. The van der Waals surface area contributed by atoms with Crippen molar-refractivity contribution in [1.82, 2.24) is 0 Å². The fourth-order valence-corrected chi connectivity index (χ4v) is 8.82. The number of fused-ring (bicyclic) bond motifs is 3. The number of benzene rings is 7. The molecule has 0 radical (unpaired) electrons. The van der Waals surface area contributed by atoms with Crippen LogP contribution in [0.15, 0.2) is 168 Å². The predicted octanol–water partition coefficient (Wildman–Crippen LogP) is 12.1. The molecule has 0 fully saturated rings. The average molecular weight is 616 g/mol. The molecule has 2 nitrogen and oxygen atoms in total. The van der Waals surface area contributed by atoms with Gasteiger partial charge in [-0.3, -0.25) is 0 Å². The van der Waals surface area contributed by atoms with Crippen LogP contribution in [0.3, 0.4) is 0 Å². The molecule has 1 heterocycles. The van der Waals surface area contributed by atoms with Gasteiger partial charge in [0.2, 0.25) is 0 Å². The Morgan fingerprint density at radius 3 is 1.62 bits per heavy atom. The van der Waals surface area contributed by atoms with Gasteiger partial charge in [0.15, 0.2) is 0 Å². The van der Waals surface area contributed by atoms with Gasteiger partial charge in [-0.2, -0.15) is 0 Å². The van der Waals surface area contributed by atoms with Gasteiger partial charge < -0.3 is 9.32 Å². The minimum atomic E-state index is -0.419. The van der Waals surface area contributed by atoms with Gasteiger partial charge in [-0.15, -0.1) is 0 Å². The second kappa shape index (κ2) is 9.82. The Bertz CT molecular complexity index is 2470. The number of furan rings is 1. The number of hydrogen-bond donors (Lipinski definition) is 0. The topological polar surface area (TPSA) is 16.4 Å². The smallest absolute Gasteiger partial charge is 0.137 e. The minimum Gasteiger partial charge on any atom is -0.456 e. The summed E-state index contributed by atoms with van der Waals surface area (Å²) in [7, 11) is 0. The van der Waals surface area contributed by atoms with Gasteiger partial charge in [-0.25, -0.2) is 0 Å². The molecule has 2 heteroatoms. The molecule has 0 spiro atoms. The molecule has 0 N–H and O–H groups in total. The highest BCUT2D eigenvalue weighted by Crippen LogP contribution is 2.64. The van der Waals surface area contributed by atoms with Crippen molar-refractivity contribution < 1.29 is 4.42 Å². The molecular weight excluding hydrogens is 583 g/mol. The Labute approximate surface area is 280 Å². The van der Waals surface area contributed by atoms with Gasteiger partial charge in [0.25, 0.3) is 0 Å². The van der Waals surface area contributed by atoms with Crippen LogP contribution in [0.2, 0.25) is 0 Å². The van der Waals surface area contributed by atoms with Crippen LogP contribution in [-0.4, -0.2) is 0 Å². The molecule has 8 aromatic rings. The quantitative estimate of drug-likeness (QED) is 0.191. The Morgan fingerprint density at radius 2 is 0.938 bits per heavy atom. The van der Waals surface area contributed by atoms with Gasteiger partial charge >= 0.3 is 0 Å². The zero-order chi connectivity index (χ0) is 32.0. The number of anilines is 3. The Balaban J connectivity index is 1.18. The summed E-state index contributed by atoms with van der Waals surface area (Å²) in [5.74, 6) is 0. The van der Waals surface area contributed by atoms with Gasteiger partial charge in [0, 0.05) is 39.3 Å². The monoisotopic (exact) mass is 615 g/mol. The first-order chi connectivity index (χ1) is 23.6. The van der Waals surface area contributed by atoms with E-state index in [1.54, 1.807) is 0 Å². The number of hydrogen-bond acceptors (Lipinski definition) is 2. The third-order valence-electron chi connectivity index (χ3n) is 10.9. The summed E-state index contributed by atoms with van der Waals surface area (Å²) in [6.07, 6.45) is 0. The van der Waals surface area contributed by atoms with E-state index in [4.69, 9.17) is 4.42 Å². The number of nitrogens with zero attached hydrogens (tertiary/aromatic N) is 1. The summed E-state index contributed by atoms with van der Waals surface area (Å²) in [5, 5.41) is 2.27. The lowest BCUT2D eigenvalue weighted by Gasteiger charge is -2.36. The summed E-state index contributed by atoms with van der Waals surface area (Å²) in [4.78, 5) is 2.32. The van der Waals surface area contributed by atoms with Crippen LogP contribution >= 0.6 is 0 Å². The fraction of sp³-hybridized carbons (Fsp3) is 0.0870. The van der Waals surface area contributed by atoms with Crippen LogP contribution in [0.5, 0.6) is 0 Å². The molecule has 2 aliphatic rings. The van der Waals surface area contributed by atoms with Crippen molar-refractivity contribution in [3.8, 4) is 11.1 Å². The number of rotatable bonds is 5. The van der Waals surface area contributed by atoms with Crippen molar-refractivity contribution in [1.29, 1.82) is 0 Å². The maximum absolute atomic E-state index is 6.33. The summed E-state index contributed by atoms with van der Waals surface area (Å²) in [5.41, 5.74) is 15.6. The van der Waals surface area contributed by atoms with E-state index in [1.165, 1.54) is 44.5 Å². The SMILES string of the molecule is CC1(C)c2cccc3c2-c2c1cccc2C3(c1ccccc1)c1ccc(N(c2ccccc2)c2ccc3c(c2)oc2ccccc23)cc1. The van der Waals surface area contributed by atoms with Gasteiger partial charge in [0.05, 0.1) is 5.41 Å². The molecule has 0 saturated carbocycles. The molecule has 10 rings (SSSR count). The second-order valence-electron chi connectivity index (χ2n) is 13.7. The van der Waals surface area contributed by atoms with Crippen molar-refractivity contribution in [2.45, 2.75) is 24.7 Å². The molecule has 0 amide bonds. The third kappa shape index (κ3) is 3.52. The summed E-state index contributed by atoms with van der Waals surface area (Å²) in [6, 6.07) is 59.7. The van der Waals surface area contributed by atoms with Crippen molar-refractivity contribution >= 4 is 39.0 Å². The Morgan fingerprint density at radius 1 is 0.417 bits per heavy atom. The maximum Gasteiger partial charge on any atom is 0.137 e. The van der Waals surface area contributed by atoms with Crippen molar-refractivity contribution in [3.63, 3.8) is 0 Å². The first kappa shape index (κ1) is 27.3. The normalized spacial score (nSPS) is 14.8. The van der Waals surface area contributed by atoms with E-state index >= 15 is 0 Å². The second-order valence-corrected chi connectivity index (χ2v) is 13.7. The summed E-state index contributed by atoms with van der Waals surface area (Å²) < 4.78 is 6.33. The standard InChI is InChI=1S/C46H33NO/c1-45(2)37-18-11-20-39-43(37)44-38(45)19-12-21-40(44)46(39,30-13-5-3-6-14-30)31-23-25-33(26-24-31)47(32-15-7-4-8-16-32)34-27-28-36-35-17-9-10-22-41(35)48-42(36)29-34/h3-29H,1-2H3. The molecule has 48 heavy (non-hydrogen) atoms. The lowest BCUT2D eigenvalue weighted by molar-refractivity contribution is 0.652. The highest BCUT2D eigenvalue weighted by molar-refractivity contribution is 6.06. The maximum atomic E-state index is 6.33. The average Bonchev–Trinajstić information content (AvgIpc) is 3.74. The zero-order valence-electron chi connectivity index (χ0n) is 26.9. The molecule has 0 unspecified atom stereocenters. The Hall–Kier alpha value is -5.86. The fourth-order valence-electron chi connectivity index (χ4n) is 8.82. The van der Waals surface area contributed by atoms with E-state index in [9.17, 15) is 0 Å². The van der Waals surface area contributed by atoms with E-state index in [2.05, 4.69) is 170 Å². The third-order valence-corrected chi connectivity index (χ3v) is 10.9. The van der Waals surface area contributed by atoms with Crippen LogP contribution in [0.1, 0.15) is 47.2 Å². The molecule has 2 aliphatic carbocycles. The van der Waals surface area contributed by atoms with Crippen LogP contribution in [-0.2, 0) is 10.8 Å². The first-order valence-electron chi connectivity index (χ1n) is 16.8. The van der Waals surface area contributed by atoms with Crippen LogP contribution in [0.25, 0.3) is 33.1 Å². The van der Waals surface area contributed by atoms with Crippen LogP contribution < -0.4 is 4.90 Å².